The van der Waals surface area contributed by atoms with E-state index in [1.165, 1.54) is 0 Å². The maximum atomic E-state index is 13.5. The largest absolute Gasteiger partial charge is 0.467 e. The summed E-state index contributed by atoms with van der Waals surface area (Å²) >= 11 is 0. The summed E-state index contributed by atoms with van der Waals surface area (Å²) in [4.78, 5) is 28.8. The van der Waals surface area contributed by atoms with Crippen molar-refractivity contribution < 1.29 is 14.0 Å². The molecular weight excluding hydrogens is 352 g/mol. The Balaban J connectivity index is 1.80. The van der Waals surface area contributed by atoms with Crippen molar-refractivity contribution in [2.45, 2.75) is 57.5 Å². The first-order valence-corrected chi connectivity index (χ1v) is 10.2. The Labute approximate surface area is 166 Å². The second-order valence-corrected chi connectivity index (χ2v) is 8.44. The van der Waals surface area contributed by atoms with Gasteiger partial charge in [0.25, 0.3) is 5.91 Å². The van der Waals surface area contributed by atoms with Crippen LogP contribution in [0.15, 0.2) is 47.1 Å². The van der Waals surface area contributed by atoms with Crippen molar-refractivity contribution in [1.29, 1.82) is 0 Å². The molecule has 1 saturated carbocycles. The van der Waals surface area contributed by atoms with Crippen molar-refractivity contribution in [2.75, 3.05) is 6.54 Å². The molecule has 2 heterocycles. The quantitative estimate of drug-likeness (QED) is 0.849. The standard InChI is InChI=1S/C23H28N2O3/c1-16(2)14-24-21(26)20-18-9-3-4-10-19(18)22(27)25(15-17-8-7-13-28-17)23(20)11-5-6-12-23/h3-4,7-10,13,16,20H,5-6,11-12,14-15H2,1-2H3,(H,24,26)/t20-/m0/s1. The second-order valence-electron chi connectivity index (χ2n) is 8.44. The van der Waals surface area contributed by atoms with Crippen LogP contribution in [0.3, 0.4) is 0 Å². The lowest BCUT2D eigenvalue weighted by molar-refractivity contribution is -0.126. The van der Waals surface area contributed by atoms with Crippen LogP contribution in [0.5, 0.6) is 0 Å². The summed E-state index contributed by atoms with van der Waals surface area (Å²) in [7, 11) is 0. The molecule has 0 bridgehead atoms. The zero-order valence-electron chi connectivity index (χ0n) is 16.6. The Morgan fingerprint density at radius 1 is 1.21 bits per heavy atom. The molecule has 4 rings (SSSR count). The van der Waals surface area contributed by atoms with Gasteiger partial charge in [-0.05, 0) is 42.5 Å². The smallest absolute Gasteiger partial charge is 0.255 e. The Morgan fingerprint density at radius 2 is 1.96 bits per heavy atom. The minimum atomic E-state index is -0.487. The highest BCUT2D eigenvalue weighted by Gasteiger charge is 2.55. The van der Waals surface area contributed by atoms with Gasteiger partial charge in [-0.1, -0.05) is 44.9 Å². The number of hydrogen-bond donors (Lipinski definition) is 1. The number of furan rings is 1. The van der Waals surface area contributed by atoms with E-state index in [0.29, 0.717) is 24.6 Å². The van der Waals surface area contributed by atoms with E-state index in [1.54, 1.807) is 6.26 Å². The molecule has 1 spiro atoms. The van der Waals surface area contributed by atoms with E-state index in [4.69, 9.17) is 4.42 Å². The van der Waals surface area contributed by atoms with Crippen molar-refractivity contribution in [3.63, 3.8) is 0 Å². The number of nitrogens with zero attached hydrogens (tertiary/aromatic N) is 1. The molecule has 0 saturated heterocycles. The number of carbonyl (C=O) groups excluding carboxylic acids is 2. The molecule has 1 atom stereocenters. The van der Waals surface area contributed by atoms with Gasteiger partial charge in [-0.3, -0.25) is 9.59 Å². The summed E-state index contributed by atoms with van der Waals surface area (Å²) in [5.74, 6) is 0.808. The zero-order chi connectivity index (χ0) is 19.7. The number of nitrogens with one attached hydrogen (secondary N) is 1. The topological polar surface area (TPSA) is 62.6 Å². The minimum Gasteiger partial charge on any atom is -0.467 e. The van der Waals surface area contributed by atoms with E-state index in [0.717, 1.165) is 37.0 Å². The van der Waals surface area contributed by atoms with E-state index >= 15 is 0 Å². The van der Waals surface area contributed by atoms with Gasteiger partial charge in [0.05, 0.1) is 24.3 Å². The fourth-order valence-corrected chi connectivity index (χ4v) is 4.86. The SMILES string of the molecule is CC(C)CNC(=O)[C@@H]1c2ccccc2C(=O)N(Cc2ccco2)C12CCCC2. The molecule has 2 aliphatic rings. The van der Waals surface area contributed by atoms with Gasteiger partial charge in [-0.2, -0.15) is 0 Å². The summed E-state index contributed by atoms with van der Waals surface area (Å²) < 4.78 is 5.56. The van der Waals surface area contributed by atoms with E-state index in [-0.39, 0.29) is 17.7 Å². The fraction of sp³-hybridized carbons (Fsp3) is 0.478. The summed E-state index contributed by atoms with van der Waals surface area (Å²) in [6.07, 6.45) is 5.36. The normalized spacial score (nSPS) is 20.6. The number of benzene rings is 1. The lowest BCUT2D eigenvalue weighted by Gasteiger charge is -2.49. The molecule has 1 fully saturated rings. The van der Waals surface area contributed by atoms with Crippen molar-refractivity contribution in [2.24, 2.45) is 5.92 Å². The number of fused-ring (bicyclic) bond motifs is 1. The highest BCUT2D eigenvalue weighted by molar-refractivity contribution is 6.02. The van der Waals surface area contributed by atoms with Gasteiger partial charge in [-0.15, -0.1) is 0 Å². The van der Waals surface area contributed by atoms with Gasteiger partial charge in [0, 0.05) is 12.1 Å². The molecule has 0 radical (unpaired) electrons. The third-order valence-corrected chi connectivity index (χ3v) is 6.13. The molecule has 1 aliphatic heterocycles. The molecular formula is C23H28N2O3. The van der Waals surface area contributed by atoms with Gasteiger partial charge < -0.3 is 14.6 Å². The predicted octanol–water partition coefficient (Wildman–Crippen LogP) is 4.10. The van der Waals surface area contributed by atoms with Gasteiger partial charge in [-0.25, -0.2) is 0 Å². The molecule has 5 heteroatoms. The summed E-state index contributed by atoms with van der Waals surface area (Å²) in [5.41, 5.74) is 1.02. The van der Waals surface area contributed by atoms with Crippen molar-refractivity contribution in [3.8, 4) is 0 Å². The van der Waals surface area contributed by atoms with E-state index < -0.39 is 5.54 Å². The van der Waals surface area contributed by atoms with Gasteiger partial charge in [0.1, 0.15) is 5.76 Å². The van der Waals surface area contributed by atoms with Gasteiger partial charge in [0.2, 0.25) is 5.91 Å². The van der Waals surface area contributed by atoms with Gasteiger partial charge in [0.15, 0.2) is 0 Å². The number of rotatable bonds is 5. The van der Waals surface area contributed by atoms with Crippen molar-refractivity contribution in [1.82, 2.24) is 10.2 Å². The Morgan fingerprint density at radius 3 is 2.64 bits per heavy atom. The Kier molecular flexibility index (Phi) is 5.00. The van der Waals surface area contributed by atoms with Crippen molar-refractivity contribution in [3.05, 3.63) is 59.5 Å². The van der Waals surface area contributed by atoms with Crippen LogP contribution >= 0.6 is 0 Å². The number of carbonyl (C=O) groups is 2. The third-order valence-electron chi connectivity index (χ3n) is 6.13. The summed E-state index contributed by atoms with van der Waals surface area (Å²) in [5, 5.41) is 3.14. The van der Waals surface area contributed by atoms with E-state index in [2.05, 4.69) is 19.2 Å². The third kappa shape index (κ3) is 3.13. The Bertz CT molecular complexity index is 850. The molecule has 28 heavy (non-hydrogen) atoms. The van der Waals surface area contributed by atoms with Crippen LogP contribution in [0.1, 0.15) is 67.1 Å². The van der Waals surface area contributed by atoms with Crippen LogP contribution in [-0.4, -0.2) is 28.8 Å². The van der Waals surface area contributed by atoms with E-state index in [9.17, 15) is 9.59 Å². The molecule has 1 aromatic heterocycles. The lowest BCUT2D eigenvalue weighted by atomic mass is 9.71. The fourth-order valence-electron chi connectivity index (χ4n) is 4.86. The van der Waals surface area contributed by atoms with Crippen LogP contribution in [0, 0.1) is 5.92 Å². The summed E-state index contributed by atoms with van der Waals surface area (Å²) in [6.45, 7) is 5.22. The molecule has 1 aromatic carbocycles. The van der Waals surface area contributed by atoms with Crippen LogP contribution in [0.4, 0.5) is 0 Å². The molecule has 1 aliphatic carbocycles. The number of hydrogen-bond acceptors (Lipinski definition) is 3. The molecule has 5 nitrogen and oxygen atoms in total. The first-order valence-electron chi connectivity index (χ1n) is 10.2. The van der Waals surface area contributed by atoms with Crippen molar-refractivity contribution >= 4 is 11.8 Å². The summed E-state index contributed by atoms with van der Waals surface area (Å²) in [6, 6.07) is 11.3. The highest BCUT2D eigenvalue weighted by Crippen LogP contribution is 2.50. The zero-order valence-corrected chi connectivity index (χ0v) is 16.6. The van der Waals surface area contributed by atoms with Crippen LogP contribution in [0.25, 0.3) is 0 Å². The lowest BCUT2D eigenvalue weighted by Crippen LogP contribution is -2.60. The van der Waals surface area contributed by atoms with Crippen LogP contribution < -0.4 is 5.32 Å². The molecule has 1 N–H and O–H groups in total. The first-order chi connectivity index (χ1) is 13.5. The maximum absolute atomic E-state index is 13.5. The highest BCUT2D eigenvalue weighted by atomic mass is 16.3. The number of amides is 2. The minimum absolute atomic E-state index is 0.00168. The molecule has 148 valence electrons. The average molecular weight is 380 g/mol. The second kappa shape index (κ2) is 7.46. The molecule has 2 aromatic rings. The average Bonchev–Trinajstić information content (AvgIpc) is 3.36. The van der Waals surface area contributed by atoms with Gasteiger partial charge >= 0.3 is 0 Å². The molecule has 0 unspecified atom stereocenters. The molecule has 2 amide bonds. The monoisotopic (exact) mass is 380 g/mol. The Hall–Kier alpha value is -2.56. The van der Waals surface area contributed by atoms with E-state index in [1.807, 2.05) is 41.3 Å². The van der Waals surface area contributed by atoms with Crippen LogP contribution in [-0.2, 0) is 11.3 Å². The maximum Gasteiger partial charge on any atom is 0.255 e. The first kappa shape index (κ1) is 18.8. The predicted molar refractivity (Wildman–Crippen MR) is 107 cm³/mol. The van der Waals surface area contributed by atoms with Crippen LogP contribution in [0.2, 0.25) is 0 Å².